The Kier molecular flexibility index (Phi) is 10.2. The Balaban J connectivity index is 2.47. The van der Waals surface area contributed by atoms with E-state index in [2.05, 4.69) is 0 Å². The van der Waals surface area contributed by atoms with Gasteiger partial charge >= 0.3 is 0 Å². The number of nitro benzene ring substituents is 1. The van der Waals surface area contributed by atoms with Crippen LogP contribution in [-0.2, 0) is 19.0 Å². The van der Waals surface area contributed by atoms with Crippen molar-refractivity contribution in [3.63, 3.8) is 0 Å². The summed E-state index contributed by atoms with van der Waals surface area (Å²) in [5.74, 6) is 1.60. The topological polar surface area (TPSA) is 87.9 Å². The number of methoxy groups -OCH3 is 3. The highest BCUT2D eigenvalue weighted by atomic mass is 32.2. The van der Waals surface area contributed by atoms with Crippen LogP contribution in [0.5, 0.6) is 0 Å². The molecule has 0 aliphatic carbocycles. The smallest absolute Gasteiger partial charge is 0.269 e. The van der Waals surface area contributed by atoms with Crippen LogP contribution in [-0.4, -0.2) is 48.7 Å². The number of carbonyl (C=O) groups excluding carboxylic acids is 1. The fourth-order valence-corrected chi connectivity index (χ4v) is 4.57. The number of nitrogens with zero attached hydrogens (tertiary/aromatic N) is 1. The normalized spacial score (nSPS) is 12.8. The average molecular weight is 404 g/mol. The van der Waals surface area contributed by atoms with E-state index in [1.54, 1.807) is 31.0 Å². The van der Waals surface area contributed by atoms with E-state index < -0.39 is 10.0 Å². The fraction of sp³-hybridized carbons (Fsp3) is 0.588. The van der Waals surface area contributed by atoms with Crippen molar-refractivity contribution in [1.82, 2.24) is 0 Å². The summed E-state index contributed by atoms with van der Waals surface area (Å²) in [7, 11) is 4.68. The van der Waals surface area contributed by atoms with E-state index in [0.717, 1.165) is 23.5 Å². The molecule has 0 radical (unpaired) electrons. The zero-order valence-corrected chi connectivity index (χ0v) is 17.1. The molecule has 0 amide bonds. The first-order valence-corrected chi connectivity index (χ1v) is 10.0. The van der Waals surface area contributed by atoms with Crippen molar-refractivity contribution >= 4 is 35.0 Å². The van der Waals surface area contributed by atoms with Crippen LogP contribution in [0, 0.1) is 10.1 Å². The van der Waals surface area contributed by atoms with Gasteiger partial charge in [-0.3, -0.25) is 14.9 Å². The molecule has 1 aromatic carbocycles. The van der Waals surface area contributed by atoms with E-state index in [1.165, 1.54) is 45.0 Å². The Morgan fingerprint density at radius 1 is 1.19 bits per heavy atom. The molecule has 1 unspecified atom stereocenters. The van der Waals surface area contributed by atoms with Gasteiger partial charge in [-0.1, -0.05) is 11.8 Å². The second-order valence-corrected chi connectivity index (χ2v) is 7.95. The van der Waals surface area contributed by atoms with E-state index in [9.17, 15) is 14.9 Å². The minimum atomic E-state index is -0.935. The molecule has 0 spiro atoms. The van der Waals surface area contributed by atoms with E-state index in [4.69, 9.17) is 14.2 Å². The first-order chi connectivity index (χ1) is 12.4. The van der Waals surface area contributed by atoms with Gasteiger partial charge in [0, 0.05) is 33.5 Å². The van der Waals surface area contributed by atoms with Crippen LogP contribution >= 0.6 is 23.5 Å². The highest BCUT2D eigenvalue weighted by molar-refractivity contribution is 8.00. The van der Waals surface area contributed by atoms with Crippen molar-refractivity contribution in [2.45, 2.75) is 30.3 Å². The molecular formula is C17H25NO6S2. The molecule has 7 nitrogen and oxygen atoms in total. The summed E-state index contributed by atoms with van der Waals surface area (Å²) in [6.45, 7) is 1.51. The Labute approximate surface area is 162 Å². The van der Waals surface area contributed by atoms with Gasteiger partial charge in [-0.25, -0.2) is 0 Å². The maximum atomic E-state index is 11.4. The van der Waals surface area contributed by atoms with Gasteiger partial charge in [0.25, 0.3) is 5.69 Å². The fourth-order valence-electron chi connectivity index (χ4n) is 2.23. The van der Waals surface area contributed by atoms with Crippen LogP contribution in [0.4, 0.5) is 5.69 Å². The summed E-state index contributed by atoms with van der Waals surface area (Å²) in [5.41, 5.74) is 0.758. The first kappa shape index (κ1) is 22.9. The summed E-state index contributed by atoms with van der Waals surface area (Å²) < 4.78 is 16.2. The number of hydrogen-bond donors (Lipinski definition) is 0. The van der Waals surface area contributed by atoms with Gasteiger partial charge in [0.2, 0.25) is 5.12 Å². The Bertz CT molecular complexity index is 577. The van der Waals surface area contributed by atoms with Gasteiger partial charge in [0.1, 0.15) is 11.2 Å². The molecule has 146 valence electrons. The number of non-ortho nitro benzene ring substituents is 1. The van der Waals surface area contributed by atoms with E-state index >= 15 is 0 Å². The molecule has 1 rings (SSSR count). The lowest BCUT2D eigenvalue weighted by Gasteiger charge is -2.29. The van der Waals surface area contributed by atoms with Crippen LogP contribution < -0.4 is 0 Å². The van der Waals surface area contributed by atoms with Gasteiger partial charge in [0.15, 0.2) is 0 Å². The number of nitro groups is 1. The number of rotatable bonds is 13. The monoisotopic (exact) mass is 403 g/mol. The Morgan fingerprint density at radius 2 is 1.81 bits per heavy atom. The standard InChI is InChI=1S/C17H25NO6S2/c1-13(19)12-17(23-3,24-4)26-11-5-10-25-16(22-2)14-6-8-15(9-7-14)18(20)21/h6-9,16H,5,10-12H2,1-4H3. The van der Waals surface area contributed by atoms with Crippen LogP contribution in [0.15, 0.2) is 24.3 Å². The highest BCUT2D eigenvalue weighted by Crippen LogP contribution is 2.34. The predicted molar refractivity (Wildman–Crippen MR) is 104 cm³/mol. The molecule has 0 heterocycles. The molecular weight excluding hydrogens is 378 g/mol. The van der Waals surface area contributed by atoms with Crippen LogP contribution in [0.2, 0.25) is 0 Å². The number of ketones is 1. The molecule has 0 aliphatic heterocycles. The number of carbonyl (C=O) groups is 1. The maximum Gasteiger partial charge on any atom is 0.269 e. The van der Waals surface area contributed by atoms with Gasteiger partial charge in [-0.05, 0) is 42.5 Å². The lowest BCUT2D eigenvalue weighted by Crippen LogP contribution is -2.32. The molecule has 0 bridgehead atoms. The molecule has 9 heteroatoms. The number of benzene rings is 1. The average Bonchev–Trinajstić information content (AvgIpc) is 2.63. The second kappa shape index (κ2) is 11.6. The quantitative estimate of drug-likeness (QED) is 0.211. The zero-order valence-electron chi connectivity index (χ0n) is 15.4. The van der Waals surface area contributed by atoms with Crippen molar-refractivity contribution in [2.24, 2.45) is 0 Å². The number of Topliss-reactive ketones (excluding diaryl/α,β-unsaturated/α-hetero) is 1. The molecule has 1 atom stereocenters. The van der Waals surface area contributed by atoms with Crippen LogP contribution in [0.3, 0.4) is 0 Å². The SMILES string of the molecule is COC(SCCCSC(CC(C)=O)(OC)OC)c1ccc([N+](=O)[O-])cc1. The van der Waals surface area contributed by atoms with E-state index in [1.807, 2.05) is 0 Å². The van der Waals surface area contributed by atoms with Crippen molar-refractivity contribution in [3.05, 3.63) is 39.9 Å². The van der Waals surface area contributed by atoms with Crippen LogP contribution in [0.25, 0.3) is 0 Å². The Morgan fingerprint density at radius 3 is 2.27 bits per heavy atom. The molecule has 1 aromatic rings. The van der Waals surface area contributed by atoms with Crippen molar-refractivity contribution in [3.8, 4) is 0 Å². The molecule has 26 heavy (non-hydrogen) atoms. The molecule has 0 saturated heterocycles. The minimum absolute atomic E-state index is 0.00759. The van der Waals surface area contributed by atoms with Gasteiger partial charge in [-0.2, -0.15) is 0 Å². The Hall–Kier alpha value is -1.13. The summed E-state index contributed by atoms with van der Waals surface area (Å²) in [6.07, 6.45) is 1.07. The number of hydrogen-bond acceptors (Lipinski definition) is 8. The van der Waals surface area contributed by atoms with Crippen molar-refractivity contribution in [1.29, 1.82) is 0 Å². The summed E-state index contributed by atoms with van der Waals surface area (Å²) in [4.78, 5) is 21.7. The number of ether oxygens (including phenoxy) is 3. The molecule has 0 N–H and O–H groups in total. The van der Waals surface area contributed by atoms with Crippen LogP contribution in [0.1, 0.15) is 30.8 Å². The molecule has 0 aromatic heterocycles. The van der Waals surface area contributed by atoms with E-state index in [-0.39, 0.29) is 23.3 Å². The maximum absolute atomic E-state index is 11.4. The summed E-state index contributed by atoms with van der Waals surface area (Å²) in [6, 6.07) is 6.37. The minimum Gasteiger partial charge on any atom is -0.366 e. The highest BCUT2D eigenvalue weighted by Gasteiger charge is 2.31. The first-order valence-electron chi connectivity index (χ1n) is 8.00. The largest absolute Gasteiger partial charge is 0.366 e. The zero-order chi connectivity index (χ0) is 19.6. The predicted octanol–water partition coefficient (Wildman–Crippen LogP) is 4.02. The number of thioether (sulfide) groups is 2. The summed E-state index contributed by atoms with van der Waals surface area (Å²) in [5, 5.41) is 9.78. The molecule has 0 saturated carbocycles. The molecule has 0 aliphatic rings. The molecule has 0 fully saturated rings. The lowest BCUT2D eigenvalue weighted by atomic mass is 10.2. The van der Waals surface area contributed by atoms with Gasteiger partial charge in [0.05, 0.1) is 11.3 Å². The third-order valence-corrected chi connectivity index (χ3v) is 6.26. The lowest BCUT2D eigenvalue weighted by molar-refractivity contribution is -0.384. The van der Waals surface area contributed by atoms with Crippen molar-refractivity contribution < 1.29 is 23.9 Å². The van der Waals surface area contributed by atoms with Crippen molar-refractivity contribution in [2.75, 3.05) is 32.8 Å². The summed E-state index contributed by atoms with van der Waals surface area (Å²) >= 11 is 3.08. The van der Waals surface area contributed by atoms with Gasteiger partial charge in [-0.15, -0.1) is 11.8 Å². The third kappa shape index (κ3) is 7.24. The second-order valence-electron chi connectivity index (χ2n) is 5.46. The van der Waals surface area contributed by atoms with Gasteiger partial charge < -0.3 is 14.2 Å². The third-order valence-electron chi connectivity index (χ3n) is 3.56. The van der Waals surface area contributed by atoms with E-state index in [0.29, 0.717) is 0 Å².